The molecule has 3 N–H and O–H groups in total. The number of methoxy groups -OCH3 is 1. The number of ether oxygens (including phenoxy) is 1. The first-order chi connectivity index (χ1) is 14.1. The van der Waals surface area contributed by atoms with Crippen molar-refractivity contribution in [2.45, 2.75) is 29.4 Å². The van der Waals surface area contributed by atoms with Crippen molar-refractivity contribution < 1.29 is 28.2 Å². The molecule has 1 aliphatic rings. The molecule has 162 valence electrons. The van der Waals surface area contributed by atoms with Crippen LogP contribution in [0.3, 0.4) is 0 Å². The first-order valence-electron chi connectivity index (χ1n) is 9.17. The van der Waals surface area contributed by atoms with Crippen LogP contribution in [0.5, 0.6) is 11.5 Å². The van der Waals surface area contributed by atoms with Crippen molar-refractivity contribution in [2.75, 3.05) is 20.3 Å². The Balaban J connectivity index is 2.00. The van der Waals surface area contributed by atoms with E-state index in [1.54, 1.807) is 12.1 Å². The molecule has 0 saturated heterocycles. The van der Waals surface area contributed by atoms with Crippen LogP contribution in [0, 0.1) is 0 Å². The van der Waals surface area contributed by atoms with Gasteiger partial charge in [-0.05, 0) is 42.5 Å². The van der Waals surface area contributed by atoms with E-state index in [9.17, 15) is 23.4 Å². The lowest BCUT2D eigenvalue weighted by molar-refractivity contribution is 0.0934. The fourth-order valence-corrected chi connectivity index (χ4v) is 5.59. The van der Waals surface area contributed by atoms with Gasteiger partial charge >= 0.3 is 0 Å². The van der Waals surface area contributed by atoms with Gasteiger partial charge in [0.2, 0.25) is 0 Å². The SMILES string of the molecule is COCCNC(=O)c1cc(C2CC2)cc(CS(=O)(=O)c2cc(Br)cc(Cl)c2O)c1O. The van der Waals surface area contributed by atoms with Gasteiger partial charge in [0.15, 0.2) is 15.6 Å². The van der Waals surface area contributed by atoms with Crippen molar-refractivity contribution in [1.82, 2.24) is 5.32 Å². The molecule has 0 heterocycles. The van der Waals surface area contributed by atoms with Gasteiger partial charge < -0.3 is 20.3 Å². The van der Waals surface area contributed by atoms with Crippen LogP contribution in [-0.2, 0) is 20.3 Å². The van der Waals surface area contributed by atoms with Crippen LogP contribution in [-0.4, -0.2) is 44.8 Å². The molecular weight excluding hydrogens is 498 g/mol. The number of nitrogens with one attached hydrogen (secondary N) is 1. The molecule has 10 heteroatoms. The summed E-state index contributed by atoms with van der Waals surface area (Å²) in [5, 5.41) is 23.3. The minimum absolute atomic E-state index is 0.0113. The molecule has 0 aliphatic heterocycles. The Morgan fingerprint density at radius 2 is 1.93 bits per heavy atom. The van der Waals surface area contributed by atoms with Gasteiger partial charge in [0, 0.05) is 23.7 Å². The van der Waals surface area contributed by atoms with Gasteiger partial charge in [0.05, 0.1) is 22.9 Å². The first kappa shape index (κ1) is 22.9. The summed E-state index contributed by atoms with van der Waals surface area (Å²) in [4.78, 5) is 12.2. The van der Waals surface area contributed by atoms with E-state index in [1.807, 2.05) is 0 Å². The molecule has 1 saturated carbocycles. The Bertz CT molecular complexity index is 1090. The predicted octanol–water partition coefficient (Wildman–Crippen LogP) is 3.74. The molecular formula is C20H21BrClNO6S. The normalized spacial score (nSPS) is 14.0. The Kier molecular flexibility index (Phi) is 6.96. The molecule has 0 aromatic heterocycles. The maximum absolute atomic E-state index is 13.0. The lowest BCUT2D eigenvalue weighted by atomic mass is 10.0. The molecule has 0 radical (unpaired) electrons. The van der Waals surface area contributed by atoms with Crippen LogP contribution >= 0.6 is 27.5 Å². The van der Waals surface area contributed by atoms with Crippen molar-refractivity contribution in [3.8, 4) is 11.5 Å². The maximum Gasteiger partial charge on any atom is 0.255 e. The van der Waals surface area contributed by atoms with Gasteiger partial charge in [-0.25, -0.2) is 8.42 Å². The number of sulfone groups is 1. The summed E-state index contributed by atoms with van der Waals surface area (Å²) in [6.07, 6.45) is 1.87. The highest BCUT2D eigenvalue weighted by Gasteiger charge is 2.29. The number of aromatic hydroxyl groups is 2. The highest BCUT2D eigenvalue weighted by atomic mass is 79.9. The van der Waals surface area contributed by atoms with Gasteiger partial charge in [-0.15, -0.1) is 0 Å². The van der Waals surface area contributed by atoms with E-state index >= 15 is 0 Å². The average Bonchev–Trinajstić information content (AvgIpc) is 3.51. The Morgan fingerprint density at radius 1 is 1.23 bits per heavy atom. The van der Waals surface area contributed by atoms with Crippen molar-refractivity contribution >= 4 is 43.3 Å². The van der Waals surface area contributed by atoms with E-state index in [2.05, 4.69) is 21.2 Å². The third-order valence-electron chi connectivity index (χ3n) is 4.77. The molecule has 0 spiro atoms. The van der Waals surface area contributed by atoms with Gasteiger partial charge in [0.1, 0.15) is 10.6 Å². The summed E-state index contributed by atoms with van der Waals surface area (Å²) in [6.45, 7) is 0.555. The quantitative estimate of drug-likeness (QED) is 0.459. The second-order valence-electron chi connectivity index (χ2n) is 7.09. The maximum atomic E-state index is 13.0. The Morgan fingerprint density at radius 3 is 2.57 bits per heavy atom. The average molecular weight is 519 g/mol. The summed E-state index contributed by atoms with van der Waals surface area (Å²) < 4.78 is 31.3. The van der Waals surface area contributed by atoms with Crippen LogP contribution in [0.4, 0.5) is 0 Å². The summed E-state index contributed by atoms with van der Waals surface area (Å²) in [6, 6.07) is 5.83. The molecule has 1 aliphatic carbocycles. The second kappa shape index (κ2) is 9.13. The number of carbonyl (C=O) groups excluding carboxylic acids is 1. The number of phenols is 2. The predicted molar refractivity (Wildman–Crippen MR) is 116 cm³/mol. The van der Waals surface area contributed by atoms with Gasteiger partial charge in [-0.1, -0.05) is 33.6 Å². The van der Waals surface area contributed by atoms with Crippen molar-refractivity contribution in [3.63, 3.8) is 0 Å². The zero-order valence-electron chi connectivity index (χ0n) is 16.1. The second-order valence-corrected chi connectivity index (χ2v) is 10.4. The van der Waals surface area contributed by atoms with Crippen LogP contribution in [0.1, 0.15) is 40.2 Å². The number of carbonyl (C=O) groups is 1. The summed E-state index contributed by atoms with van der Waals surface area (Å²) in [5.74, 6) is -1.85. The third-order valence-corrected chi connectivity index (χ3v) is 7.19. The zero-order chi connectivity index (χ0) is 22.1. The topological polar surface area (TPSA) is 113 Å². The van der Waals surface area contributed by atoms with E-state index < -0.39 is 33.0 Å². The number of halogens is 2. The van der Waals surface area contributed by atoms with Gasteiger partial charge in [-0.3, -0.25) is 4.79 Å². The Hall–Kier alpha value is -1.81. The minimum atomic E-state index is -4.07. The largest absolute Gasteiger partial charge is 0.507 e. The smallest absolute Gasteiger partial charge is 0.255 e. The third kappa shape index (κ3) is 5.08. The van der Waals surface area contributed by atoms with Crippen LogP contribution in [0.25, 0.3) is 0 Å². The van der Waals surface area contributed by atoms with Crippen molar-refractivity contribution in [1.29, 1.82) is 0 Å². The zero-order valence-corrected chi connectivity index (χ0v) is 19.3. The molecule has 30 heavy (non-hydrogen) atoms. The van der Waals surface area contributed by atoms with E-state index in [0.29, 0.717) is 11.1 Å². The van der Waals surface area contributed by atoms with Crippen molar-refractivity contribution in [3.05, 3.63) is 50.5 Å². The summed E-state index contributed by atoms with van der Waals surface area (Å²) in [7, 11) is -2.57. The van der Waals surface area contributed by atoms with Crippen LogP contribution in [0.15, 0.2) is 33.6 Å². The van der Waals surface area contributed by atoms with Gasteiger partial charge in [-0.2, -0.15) is 0 Å². The first-order valence-corrected chi connectivity index (χ1v) is 12.0. The number of hydrogen-bond donors (Lipinski definition) is 3. The number of benzene rings is 2. The monoisotopic (exact) mass is 517 g/mol. The summed E-state index contributed by atoms with van der Waals surface area (Å²) >= 11 is 9.07. The lowest BCUT2D eigenvalue weighted by Crippen LogP contribution is -2.27. The number of rotatable bonds is 8. The van der Waals surface area contributed by atoms with E-state index in [-0.39, 0.29) is 33.5 Å². The molecule has 0 bridgehead atoms. The minimum Gasteiger partial charge on any atom is -0.507 e. The lowest BCUT2D eigenvalue weighted by Gasteiger charge is -2.14. The molecule has 2 aromatic rings. The molecule has 3 rings (SSSR count). The number of hydrogen-bond acceptors (Lipinski definition) is 6. The standard InChI is InChI=1S/C20H21BrClNO6S/c1-29-5-4-23-20(26)15-7-12(11-2-3-11)6-13(18(15)24)10-30(27,28)17-9-14(21)8-16(22)19(17)25/h6-9,11,24-25H,2-5,10H2,1H3,(H,23,26). The molecule has 7 nitrogen and oxygen atoms in total. The number of amides is 1. The number of phenolic OH excluding ortho intramolecular Hbond substituents is 2. The van der Waals surface area contributed by atoms with Crippen LogP contribution < -0.4 is 5.32 Å². The van der Waals surface area contributed by atoms with E-state index in [4.69, 9.17) is 16.3 Å². The van der Waals surface area contributed by atoms with Crippen molar-refractivity contribution in [2.24, 2.45) is 0 Å². The molecule has 0 atom stereocenters. The fraction of sp³-hybridized carbons (Fsp3) is 0.350. The molecule has 1 amide bonds. The summed E-state index contributed by atoms with van der Waals surface area (Å²) in [5.41, 5.74) is 0.898. The highest BCUT2D eigenvalue weighted by molar-refractivity contribution is 9.10. The van der Waals surface area contributed by atoms with E-state index in [1.165, 1.54) is 19.2 Å². The molecule has 0 unspecified atom stereocenters. The van der Waals surface area contributed by atoms with E-state index in [0.717, 1.165) is 18.4 Å². The highest BCUT2D eigenvalue weighted by Crippen LogP contribution is 2.43. The Labute approximate surface area is 188 Å². The molecule has 2 aromatic carbocycles. The molecule has 1 fully saturated rings. The fourth-order valence-electron chi connectivity index (χ4n) is 3.08. The van der Waals surface area contributed by atoms with Crippen LogP contribution in [0.2, 0.25) is 5.02 Å². The van der Waals surface area contributed by atoms with Gasteiger partial charge in [0.25, 0.3) is 5.91 Å².